The SMILES string of the molecule is CCCc1ccc(-n2c3ccccc3c3cc(-c4ccc(-c5nc6ccccc6o5)cc4)ccc32)cc1. The first-order chi connectivity index (χ1) is 18.3. The molecule has 0 atom stereocenters. The Bertz CT molecular complexity index is 1840. The lowest BCUT2D eigenvalue weighted by Gasteiger charge is -2.09. The van der Waals surface area contributed by atoms with Gasteiger partial charge in [0.15, 0.2) is 5.58 Å². The fraction of sp³-hybridized carbons (Fsp3) is 0.0882. The number of hydrogen-bond donors (Lipinski definition) is 0. The summed E-state index contributed by atoms with van der Waals surface area (Å²) in [6.07, 6.45) is 2.27. The molecule has 0 bridgehead atoms. The largest absolute Gasteiger partial charge is 0.436 e. The van der Waals surface area contributed by atoms with Gasteiger partial charge in [-0.2, -0.15) is 0 Å². The zero-order valence-electron chi connectivity index (χ0n) is 20.7. The first kappa shape index (κ1) is 21.6. The number of rotatable bonds is 5. The Hall–Kier alpha value is -4.63. The van der Waals surface area contributed by atoms with Gasteiger partial charge in [0.2, 0.25) is 5.89 Å². The van der Waals surface area contributed by atoms with Crippen molar-refractivity contribution in [2.45, 2.75) is 19.8 Å². The van der Waals surface area contributed by atoms with Crippen LogP contribution < -0.4 is 0 Å². The number of fused-ring (bicyclic) bond motifs is 4. The first-order valence-corrected chi connectivity index (χ1v) is 12.9. The molecule has 3 heteroatoms. The summed E-state index contributed by atoms with van der Waals surface area (Å²) in [5.41, 5.74) is 10.0. The molecule has 0 aliphatic carbocycles. The predicted octanol–water partition coefficient (Wildman–Crippen LogP) is 9.21. The van der Waals surface area contributed by atoms with Crippen LogP contribution in [0.5, 0.6) is 0 Å². The zero-order valence-corrected chi connectivity index (χ0v) is 20.7. The van der Waals surface area contributed by atoms with Gasteiger partial charge in [0.05, 0.1) is 11.0 Å². The van der Waals surface area contributed by atoms with E-state index in [9.17, 15) is 0 Å². The zero-order chi connectivity index (χ0) is 24.8. The van der Waals surface area contributed by atoms with Crippen molar-refractivity contribution in [1.82, 2.24) is 9.55 Å². The average molecular weight is 479 g/mol. The molecule has 178 valence electrons. The van der Waals surface area contributed by atoms with Crippen molar-refractivity contribution >= 4 is 32.9 Å². The molecule has 0 spiro atoms. The van der Waals surface area contributed by atoms with Crippen LogP contribution in [0.15, 0.2) is 120 Å². The third-order valence-electron chi connectivity index (χ3n) is 7.16. The second kappa shape index (κ2) is 8.79. The van der Waals surface area contributed by atoms with Crippen molar-refractivity contribution in [2.24, 2.45) is 0 Å². The highest BCUT2D eigenvalue weighted by molar-refractivity contribution is 6.10. The Morgan fingerprint density at radius 2 is 1.35 bits per heavy atom. The molecule has 0 fully saturated rings. The van der Waals surface area contributed by atoms with Crippen LogP contribution in [0.4, 0.5) is 0 Å². The van der Waals surface area contributed by atoms with Gasteiger partial charge in [-0.25, -0.2) is 4.98 Å². The number of nitrogens with zero attached hydrogens (tertiary/aromatic N) is 2. The number of aryl methyl sites for hydroxylation is 1. The summed E-state index contributed by atoms with van der Waals surface area (Å²) in [7, 11) is 0. The molecule has 0 aliphatic heterocycles. The van der Waals surface area contributed by atoms with Crippen LogP contribution >= 0.6 is 0 Å². The summed E-state index contributed by atoms with van der Waals surface area (Å²) >= 11 is 0. The van der Waals surface area contributed by atoms with E-state index in [1.54, 1.807) is 0 Å². The first-order valence-electron chi connectivity index (χ1n) is 12.9. The Balaban J connectivity index is 1.30. The van der Waals surface area contributed by atoms with Crippen LogP contribution in [0.3, 0.4) is 0 Å². The molecule has 2 aromatic heterocycles. The highest BCUT2D eigenvalue weighted by Crippen LogP contribution is 2.35. The lowest BCUT2D eigenvalue weighted by Crippen LogP contribution is -1.94. The van der Waals surface area contributed by atoms with Gasteiger partial charge in [-0.3, -0.25) is 0 Å². The van der Waals surface area contributed by atoms with Crippen molar-refractivity contribution in [3.63, 3.8) is 0 Å². The molecule has 37 heavy (non-hydrogen) atoms. The molecule has 0 saturated heterocycles. The molecule has 0 unspecified atom stereocenters. The maximum Gasteiger partial charge on any atom is 0.227 e. The predicted molar refractivity (Wildman–Crippen MR) is 153 cm³/mol. The molecule has 7 aromatic rings. The van der Waals surface area contributed by atoms with Crippen LogP contribution in [-0.2, 0) is 6.42 Å². The molecule has 2 heterocycles. The van der Waals surface area contributed by atoms with Gasteiger partial charge in [-0.05, 0) is 77.7 Å². The van der Waals surface area contributed by atoms with Gasteiger partial charge in [0.25, 0.3) is 0 Å². The monoisotopic (exact) mass is 478 g/mol. The summed E-state index contributed by atoms with van der Waals surface area (Å²) in [4.78, 5) is 4.64. The van der Waals surface area contributed by atoms with E-state index in [0.29, 0.717) is 5.89 Å². The van der Waals surface area contributed by atoms with E-state index in [2.05, 4.69) is 107 Å². The van der Waals surface area contributed by atoms with E-state index in [0.717, 1.165) is 29.5 Å². The van der Waals surface area contributed by atoms with Gasteiger partial charge < -0.3 is 8.98 Å². The summed E-state index contributed by atoms with van der Waals surface area (Å²) < 4.78 is 8.33. The molecule has 0 amide bonds. The summed E-state index contributed by atoms with van der Waals surface area (Å²) in [6.45, 7) is 2.22. The molecule has 0 N–H and O–H groups in total. The molecular weight excluding hydrogens is 452 g/mol. The summed E-state index contributed by atoms with van der Waals surface area (Å²) in [6, 6.07) is 40.8. The van der Waals surface area contributed by atoms with Gasteiger partial charge in [-0.1, -0.05) is 74.0 Å². The molecule has 3 nitrogen and oxygen atoms in total. The number of oxazole rings is 1. The molecule has 0 saturated carbocycles. The number of aromatic nitrogens is 2. The molecule has 0 radical (unpaired) electrons. The lowest BCUT2D eigenvalue weighted by molar-refractivity contribution is 0.620. The van der Waals surface area contributed by atoms with Gasteiger partial charge >= 0.3 is 0 Å². The minimum atomic E-state index is 0.649. The van der Waals surface area contributed by atoms with Gasteiger partial charge in [0.1, 0.15) is 5.52 Å². The van der Waals surface area contributed by atoms with Gasteiger partial charge in [-0.15, -0.1) is 0 Å². The van der Waals surface area contributed by atoms with Crippen LogP contribution in [0, 0.1) is 0 Å². The lowest BCUT2D eigenvalue weighted by atomic mass is 10.0. The van der Waals surface area contributed by atoms with E-state index in [1.807, 2.05) is 24.3 Å². The number of hydrogen-bond acceptors (Lipinski definition) is 2. The van der Waals surface area contributed by atoms with Crippen LogP contribution in [0.2, 0.25) is 0 Å². The fourth-order valence-corrected chi connectivity index (χ4v) is 5.33. The Labute approximate surface area is 215 Å². The van der Waals surface area contributed by atoms with E-state index < -0.39 is 0 Å². The van der Waals surface area contributed by atoms with Gasteiger partial charge in [0, 0.05) is 22.0 Å². The minimum absolute atomic E-state index is 0.649. The van der Waals surface area contributed by atoms with E-state index in [-0.39, 0.29) is 0 Å². The molecule has 7 rings (SSSR count). The third-order valence-corrected chi connectivity index (χ3v) is 7.16. The summed E-state index contributed by atoms with van der Waals surface area (Å²) in [5, 5.41) is 2.52. The summed E-state index contributed by atoms with van der Waals surface area (Å²) in [5.74, 6) is 0.649. The van der Waals surface area contributed by atoms with Crippen molar-refractivity contribution in [3.8, 4) is 28.3 Å². The van der Waals surface area contributed by atoms with Crippen LogP contribution in [-0.4, -0.2) is 9.55 Å². The van der Waals surface area contributed by atoms with E-state index >= 15 is 0 Å². The third kappa shape index (κ3) is 3.71. The highest BCUT2D eigenvalue weighted by atomic mass is 16.3. The number of para-hydroxylation sites is 3. The fourth-order valence-electron chi connectivity index (χ4n) is 5.33. The van der Waals surface area contributed by atoms with E-state index in [1.165, 1.54) is 44.2 Å². The smallest absolute Gasteiger partial charge is 0.227 e. The van der Waals surface area contributed by atoms with Crippen LogP contribution in [0.25, 0.3) is 61.2 Å². The van der Waals surface area contributed by atoms with Crippen molar-refractivity contribution in [3.05, 3.63) is 121 Å². The minimum Gasteiger partial charge on any atom is -0.436 e. The maximum atomic E-state index is 5.96. The Kier molecular flexibility index (Phi) is 5.14. The van der Waals surface area contributed by atoms with E-state index in [4.69, 9.17) is 4.42 Å². The maximum absolute atomic E-state index is 5.96. The quantitative estimate of drug-likeness (QED) is 0.247. The number of benzene rings is 5. The Morgan fingerprint density at radius 3 is 2.16 bits per heavy atom. The standard InChI is InChI=1S/C34H26N2O/c1-2-7-23-12-19-27(20-13-23)36-31-10-5-3-8-28(31)29-22-26(18-21-32(29)36)24-14-16-25(17-15-24)34-35-30-9-4-6-11-33(30)37-34/h3-6,8-22H,2,7H2,1H3. The molecule has 5 aromatic carbocycles. The van der Waals surface area contributed by atoms with Crippen LogP contribution in [0.1, 0.15) is 18.9 Å². The topological polar surface area (TPSA) is 31.0 Å². The Morgan fingerprint density at radius 1 is 0.649 bits per heavy atom. The van der Waals surface area contributed by atoms with Crippen molar-refractivity contribution in [1.29, 1.82) is 0 Å². The molecule has 0 aliphatic rings. The van der Waals surface area contributed by atoms with Crippen molar-refractivity contribution in [2.75, 3.05) is 0 Å². The second-order valence-corrected chi connectivity index (χ2v) is 9.57. The normalized spacial score (nSPS) is 11.6. The second-order valence-electron chi connectivity index (χ2n) is 9.57. The van der Waals surface area contributed by atoms with Crippen molar-refractivity contribution < 1.29 is 4.42 Å². The average Bonchev–Trinajstić information content (AvgIpc) is 3.53. The molecular formula is C34H26N2O. The highest BCUT2D eigenvalue weighted by Gasteiger charge is 2.14.